The van der Waals surface area contributed by atoms with Crippen molar-refractivity contribution in [3.05, 3.63) is 0 Å². The Labute approximate surface area is 236 Å². The minimum absolute atomic E-state index is 0. The van der Waals surface area contributed by atoms with Crippen molar-refractivity contribution in [3.63, 3.8) is 0 Å². The minimum atomic E-state index is -4.21. The van der Waals surface area contributed by atoms with E-state index in [0.29, 0.717) is 0 Å². The van der Waals surface area contributed by atoms with Crippen molar-refractivity contribution in [3.8, 4) is 0 Å². The summed E-state index contributed by atoms with van der Waals surface area (Å²) in [4.78, 5) is 118. The van der Waals surface area contributed by atoms with Crippen molar-refractivity contribution in [1.29, 1.82) is 0 Å². The van der Waals surface area contributed by atoms with Gasteiger partial charge in [-0.25, -0.2) is 40.3 Å². The largest absolute Gasteiger partial charge is 4.00 e. The van der Waals surface area contributed by atoms with E-state index in [2.05, 4.69) is 0 Å². The van der Waals surface area contributed by atoms with E-state index in [1.165, 1.54) is 50.0 Å². The van der Waals surface area contributed by atoms with Crippen molar-refractivity contribution in [2.75, 3.05) is 50.0 Å². The molecule has 0 aromatic heterocycles. The van der Waals surface area contributed by atoms with Crippen LogP contribution in [0.3, 0.4) is 0 Å². The molecule has 0 N–H and O–H groups in total. The van der Waals surface area contributed by atoms with Crippen LogP contribution >= 0.6 is 26.9 Å². The van der Waals surface area contributed by atoms with E-state index in [-0.39, 0.29) is 63.2 Å². The molecule has 23 heteroatoms. The predicted molar refractivity (Wildman–Crippen MR) is 105 cm³/mol. The first kappa shape index (κ1) is 52.2. The summed E-state index contributed by atoms with van der Waals surface area (Å²) in [5.41, 5.74) is 0. The van der Waals surface area contributed by atoms with Crippen molar-refractivity contribution >= 4 is 67.2 Å². The molecule has 190 valence electrons. The molecule has 0 saturated carbocycles. The Morgan fingerprint density at radius 1 is 0.290 bits per heavy atom. The van der Waals surface area contributed by atoms with Gasteiger partial charge in [0.1, 0.15) is 0 Å². The molecule has 0 heterocycles. The summed E-state index contributed by atoms with van der Waals surface area (Å²) in [5.74, 6) is 0. The molecule has 0 unspecified atom stereocenters. The van der Waals surface area contributed by atoms with Gasteiger partial charge in [0.2, 0.25) is 0 Å². The topological polar surface area (TPSA) is 277 Å². The van der Waals surface area contributed by atoms with Crippen LogP contribution in [0.1, 0.15) is 0 Å². The van der Waals surface area contributed by atoms with E-state index in [4.69, 9.17) is 0 Å². The standard InChI is InChI=1S/4C2H6O3PS.3Mo/c4*1-7(2)6(3,4)5;;;/h4*1-2H3;;;/q4*-3;3*+4. The van der Waals surface area contributed by atoms with Gasteiger partial charge in [-0.2, -0.15) is 0 Å². The quantitative estimate of drug-likeness (QED) is 0.162. The molecule has 0 aromatic rings. The molecule has 0 aliphatic heterocycles. The molecule has 0 fully saturated rings. The first-order chi connectivity index (χ1) is 11.8. The predicted octanol–water partition coefficient (Wildman–Crippen LogP) is -9.52. The summed E-state index contributed by atoms with van der Waals surface area (Å²) in [6.45, 7) is -16.8. The van der Waals surface area contributed by atoms with Gasteiger partial charge in [-0.15, -0.1) is 0 Å². The Morgan fingerprint density at radius 2 is 0.323 bits per heavy atom. The van der Waals surface area contributed by atoms with Crippen LogP contribution in [0.4, 0.5) is 0 Å². The maximum atomic E-state index is 9.82. The fraction of sp³-hybridized carbons (Fsp3) is 1.00. The maximum absolute atomic E-state index is 9.82. The average molecular weight is 852 g/mol. The van der Waals surface area contributed by atoms with E-state index in [1.54, 1.807) is 0 Å². The first-order valence-electron chi connectivity index (χ1n) is 6.19. The van der Waals surface area contributed by atoms with Gasteiger partial charge >= 0.3 is 63.2 Å². The normalized spacial score (nSPS) is 11.6. The van der Waals surface area contributed by atoms with Crippen LogP contribution in [0.25, 0.3) is 0 Å². The Bertz CT molecular complexity index is 542. The number of rotatable bonds is 0. The van der Waals surface area contributed by atoms with Crippen LogP contribution in [0, 0.1) is 0 Å². The zero-order valence-electron chi connectivity index (χ0n) is 17.5. The summed E-state index contributed by atoms with van der Waals surface area (Å²) >= 11 is 0. The molecular weight excluding hydrogens is 828 g/mol. The fourth-order valence-electron chi connectivity index (χ4n) is 0. The van der Waals surface area contributed by atoms with Crippen LogP contribution in [0.2, 0.25) is 0 Å². The molecule has 0 spiro atoms. The number of hydrogen-bond acceptors (Lipinski definition) is 12. The van der Waals surface area contributed by atoms with Gasteiger partial charge < -0.3 is 85.6 Å². The molecule has 0 bridgehead atoms. The monoisotopic (exact) mass is 858 g/mol. The van der Waals surface area contributed by atoms with Gasteiger partial charge in [-0.05, 0) is 50.0 Å². The fourth-order valence-corrected chi connectivity index (χ4v) is 0. The Morgan fingerprint density at radius 3 is 0.323 bits per heavy atom. The van der Waals surface area contributed by atoms with Crippen molar-refractivity contribution in [2.45, 2.75) is 0 Å². The van der Waals surface area contributed by atoms with Crippen molar-refractivity contribution in [2.24, 2.45) is 0 Å². The molecular formula is C8H24Mo3O12P4S4. The molecule has 0 radical (unpaired) electrons. The molecule has 0 rings (SSSR count). The molecule has 12 nitrogen and oxygen atoms in total. The van der Waals surface area contributed by atoms with E-state index < -0.39 is 67.2 Å². The number of hydrogen-bond donors (Lipinski definition) is 0. The summed E-state index contributed by atoms with van der Waals surface area (Å²) in [5, 5.41) is 0. The summed E-state index contributed by atoms with van der Waals surface area (Å²) in [6.07, 6.45) is 11.1. The second-order valence-corrected chi connectivity index (χ2v) is 28.8. The summed E-state index contributed by atoms with van der Waals surface area (Å²) in [6, 6.07) is 0. The Hall–Kier alpha value is 4.70. The zero-order valence-corrected chi connectivity index (χ0v) is 30.4. The third-order valence-electron chi connectivity index (χ3n) is 1.79. The van der Waals surface area contributed by atoms with Gasteiger partial charge in [0.25, 0.3) is 0 Å². The van der Waals surface area contributed by atoms with Crippen molar-refractivity contribution in [1.82, 2.24) is 0 Å². The van der Waals surface area contributed by atoms with E-state index in [9.17, 15) is 58.7 Å². The second-order valence-electron chi connectivity index (χ2n) is 4.88. The van der Waals surface area contributed by atoms with Gasteiger partial charge in [0.15, 0.2) is 0 Å². The molecule has 0 atom stereocenters. The van der Waals surface area contributed by atoms with Crippen LogP contribution in [-0.2, 0) is 103 Å². The molecule has 0 saturated heterocycles. The molecule has 31 heavy (non-hydrogen) atoms. The smallest absolute Gasteiger partial charge is 0.848 e. The van der Waals surface area contributed by atoms with E-state index in [1.807, 2.05) is 0 Å². The third kappa shape index (κ3) is 45.1. The molecule has 0 aliphatic carbocycles. The summed E-state index contributed by atoms with van der Waals surface area (Å²) in [7, 11) is -3.95. The van der Waals surface area contributed by atoms with Gasteiger partial charge in [-0.3, -0.25) is 0 Å². The molecule has 0 amide bonds. The van der Waals surface area contributed by atoms with Gasteiger partial charge in [0, 0.05) is 0 Å². The summed E-state index contributed by atoms with van der Waals surface area (Å²) < 4.78 is 0. The average Bonchev–Trinajstić information content (AvgIpc) is 2.35. The third-order valence-corrected chi connectivity index (χ3v) is 16.1. The van der Waals surface area contributed by atoms with Crippen LogP contribution in [0.15, 0.2) is 0 Å². The van der Waals surface area contributed by atoms with Crippen LogP contribution in [0.5, 0.6) is 0 Å². The SMILES string of the molecule is CS(C)=P([O-])([O-])[O-].CS(C)=P([O-])([O-])[O-].CS(C)=P([O-])([O-])[O-].CS(C)=P([O-])([O-])[O-].[Mo+4].[Mo+4].[Mo+4]. The van der Waals surface area contributed by atoms with E-state index in [0.717, 1.165) is 0 Å². The first-order valence-corrected chi connectivity index (χ1v) is 22.9. The second kappa shape index (κ2) is 23.8. The maximum Gasteiger partial charge on any atom is 4.00 e. The minimum Gasteiger partial charge on any atom is -0.848 e. The zero-order chi connectivity index (χ0) is 24.3. The Kier molecular flexibility index (Phi) is 40.1. The molecule has 0 aliphatic rings. The Balaban J connectivity index is -0.0000000480. The van der Waals surface area contributed by atoms with Gasteiger partial charge in [0.05, 0.1) is 0 Å². The van der Waals surface area contributed by atoms with Crippen molar-refractivity contribution < 1.29 is 122 Å². The molecule has 0 aromatic carbocycles. The van der Waals surface area contributed by atoms with Crippen LogP contribution < -0.4 is 58.7 Å². The van der Waals surface area contributed by atoms with Crippen LogP contribution in [-0.4, -0.2) is 50.0 Å². The van der Waals surface area contributed by atoms with Gasteiger partial charge in [-0.1, -0.05) is 0 Å². The van der Waals surface area contributed by atoms with E-state index >= 15 is 0 Å².